The van der Waals surface area contributed by atoms with Gasteiger partial charge in [-0.1, -0.05) is 6.92 Å². The number of carbonyl (C=O) groups is 1. The van der Waals surface area contributed by atoms with Crippen LogP contribution in [0.15, 0.2) is 0 Å². The summed E-state index contributed by atoms with van der Waals surface area (Å²) < 4.78 is 5.19. The van der Waals surface area contributed by atoms with Crippen molar-refractivity contribution < 1.29 is 9.53 Å². The maximum atomic E-state index is 12.6. The van der Waals surface area contributed by atoms with Gasteiger partial charge in [0.1, 0.15) is 5.54 Å². The summed E-state index contributed by atoms with van der Waals surface area (Å²) in [5.41, 5.74) is -0.520. The van der Waals surface area contributed by atoms with E-state index in [0.29, 0.717) is 12.0 Å². The molecular formula is C17H32N2O2. The molecule has 1 saturated carbocycles. The van der Waals surface area contributed by atoms with Crippen molar-refractivity contribution in [1.29, 1.82) is 0 Å². The summed E-state index contributed by atoms with van der Waals surface area (Å²) in [6.07, 6.45) is 4.79. The van der Waals surface area contributed by atoms with Crippen LogP contribution in [0, 0.1) is 11.8 Å². The molecule has 0 aromatic rings. The van der Waals surface area contributed by atoms with Gasteiger partial charge >= 0.3 is 5.97 Å². The molecule has 122 valence electrons. The smallest absolute Gasteiger partial charge is 0.327 e. The molecule has 1 saturated heterocycles. The zero-order valence-corrected chi connectivity index (χ0v) is 14.3. The summed E-state index contributed by atoms with van der Waals surface area (Å²) in [4.78, 5) is 15.1. The molecule has 2 aliphatic rings. The molecule has 0 bridgehead atoms. The average Bonchev–Trinajstić information content (AvgIpc) is 3.25. The number of methoxy groups -OCH3 is 1. The monoisotopic (exact) mass is 296 g/mol. The number of ether oxygens (including phenoxy) is 1. The first-order chi connectivity index (χ1) is 9.89. The van der Waals surface area contributed by atoms with Crippen LogP contribution < -0.4 is 5.32 Å². The van der Waals surface area contributed by atoms with E-state index in [1.807, 2.05) is 0 Å². The molecule has 1 aliphatic heterocycles. The second kappa shape index (κ2) is 6.66. The van der Waals surface area contributed by atoms with Crippen LogP contribution in [0.5, 0.6) is 0 Å². The number of rotatable bonds is 6. The molecule has 0 spiro atoms. The topological polar surface area (TPSA) is 41.6 Å². The van der Waals surface area contributed by atoms with Gasteiger partial charge in [0, 0.05) is 25.2 Å². The molecule has 2 rings (SSSR count). The van der Waals surface area contributed by atoms with E-state index in [2.05, 4.69) is 37.9 Å². The van der Waals surface area contributed by atoms with E-state index in [9.17, 15) is 4.79 Å². The molecule has 4 heteroatoms. The Morgan fingerprint density at radius 1 is 1.29 bits per heavy atom. The first-order valence-electron chi connectivity index (χ1n) is 8.49. The van der Waals surface area contributed by atoms with E-state index in [4.69, 9.17) is 4.74 Å². The Morgan fingerprint density at radius 3 is 2.48 bits per heavy atom. The summed E-state index contributed by atoms with van der Waals surface area (Å²) in [7, 11) is 1.52. The molecule has 1 heterocycles. The van der Waals surface area contributed by atoms with Gasteiger partial charge in [-0.15, -0.1) is 0 Å². The number of nitrogens with one attached hydrogen (secondary N) is 1. The van der Waals surface area contributed by atoms with E-state index >= 15 is 0 Å². The number of likely N-dealkylation sites (tertiary alicyclic amines) is 1. The van der Waals surface area contributed by atoms with E-state index in [-0.39, 0.29) is 12.0 Å². The lowest BCUT2D eigenvalue weighted by molar-refractivity contribution is -0.152. The highest BCUT2D eigenvalue weighted by molar-refractivity contribution is 5.82. The van der Waals surface area contributed by atoms with Crippen LogP contribution in [0.3, 0.4) is 0 Å². The third kappa shape index (κ3) is 3.78. The van der Waals surface area contributed by atoms with Crippen molar-refractivity contribution in [3.05, 3.63) is 0 Å². The van der Waals surface area contributed by atoms with Gasteiger partial charge in [-0.25, -0.2) is 4.79 Å². The van der Waals surface area contributed by atoms with Gasteiger partial charge in [-0.3, -0.25) is 10.2 Å². The summed E-state index contributed by atoms with van der Waals surface area (Å²) >= 11 is 0. The summed E-state index contributed by atoms with van der Waals surface area (Å²) in [6, 6.07) is 0.833. The van der Waals surface area contributed by atoms with Gasteiger partial charge in [0.25, 0.3) is 0 Å². The van der Waals surface area contributed by atoms with Crippen LogP contribution in [-0.2, 0) is 9.53 Å². The van der Waals surface area contributed by atoms with E-state index < -0.39 is 5.54 Å². The van der Waals surface area contributed by atoms with Gasteiger partial charge in [0.2, 0.25) is 0 Å². The van der Waals surface area contributed by atoms with Crippen molar-refractivity contribution in [2.45, 2.75) is 71.0 Å². The number of hydrogen-bond donors (Lipinski definition) is 1. The quantitative estimate of drug-likeness (QED) is 0.764. The minimum atomic E-state index is -0.520. The SMILES string of the molecule is COC(=O)C(CN1CC(C)CCC1C)(NC(C)C)C1CC1. The Labute approximate surface area is 129 Å². The number of piperidine rings is 1. The normalized spacial score (nSPS) is 30.2. The molecule has 0 radical (unpaired) electrons. The molecule has 2 fully saturated rings. The Bertz CT molecular complexity index is 368. The molecular weight excluding hydrogens is 264 g/mol. The Balaban J connectivity index is 2.19. The second-order valence-electron chi connectivity index (χ2n) is 7.50. The highest BCUT2D eigenvalue weighted by atomic mass is 16.5. The van der Waals surface area contributed by atoms with Crippen LogP contribution in [0.25, 0.3) is 0 Å². The fourth-order valence-electron chi connectivity index (χ4n) is 3.78. The van der Waals surface area contributed by atoms with E-state index in [1.165, 1.54) is 20.0 Å². The summed E-state index contributed by atoms with van der Waals surface area (Å²) in [6.45, 7) is 10.7. The van der Waals surface area contributed by atoms with Crippen molar-refractivity contribution in [3.63, 3.8) is 0 Å². The second-order valence-corrected chi connectivity index (χ2v) is 7.50. The van der Waals surface area contributed by atoms with Crippen molar-refractivity contribution in [3.8, 4) is 0 Å². The van der Waals surface area contributed by atoms with Crippen LogP contribution in [0.4, 0.5) is 0 Å². The fourth-order valence-corrected chi connectivity index (χ4v) is 3.78. The van der Waals surface area contributed by atoms with Crippen molar-refractivity contribution in [1.82, 2.24) is 10.2 Å². The summed E-state index contributed by atoms with van der Waals surface area (Å²) in [5, 5.41) is 3.57. The van der Waals surface area contributed by atoms with Gasteiger partial charge in [0.05, 0.1) is 7.11 Å². The van der Waals surface area contributed by atoms with Crippen molar-refractivity contribution >= 4 is 5.97 Å². The molecule has 21 heavy (non-hydrogen) atoms. The lowest BCUT2D eigenvalue weighted by Crippen LogP contribution is -2.64. The fraction of sp³-hybridized carbons (Fsp3) is 0.941. The molecule has 3 unspecified atom stereocenters. The molecule has 0 amide bonds. The Hall–Kier alpha value is -0.610. The lowest BCUT2D eigenvalue weighted by Gasteiger charge is -2.44. The molecule has 1 aliphatic carbocycles. The van der Waals surface area contributed by atoms with Gasteiger partial charge in [0.15, 0.2) is 0 Å². The maximum absolute atomic E-state index is 12.6. The van der Waals surface area contributed by atoms with E-state index in [0.717, 1.165) is 31.8 Å². The third-order valence-electron chi connectivity index (χ3n) is 5.07. The number of carbonyl (C=O) groups excluding carboxylic acids is 1. The number of nitrogens with zero attached hydrogens (tertiary/aromatic N) is 1. The molecule has 1 N–H and O–H groups in total. The number of esters is 1. The largest absolute Gasteiger partial charge is 0.468 e. The minimum absolute atomic E-state index is 0.0795. The zero-order valence-electron chi connectivity index (χ0n) is 14.3. The van der Waals surface area contributed by atoms with Crippen LogP contribution in [0.1, 0.15) is 53.4 Å². The van der Waals surface area contributed by atoms with Gasteiger partial charge in [-0.05, 0) is 58.3 Å². The lowest BCUT2D eigenvalue weighted by atomic mass is 9.87. The first kappa shape index (κ1) is 16.8. The van der Waals surface area contributed by atoms with Crippen LogP contribution in [-0.4, -0.2) is 48.7 Å². The standard InChI is InChI=1S/C17H32N2O2/c1-12(2)18-17(15-8-9-15,16(20)21-5)11-19-10-13(3)6-7-14(19)4/h12-15,18H,6-11H2,1-5H3. The first-order valence-corrected chi connectivity index (χ1v) is 8.49. The zero-order chi connectivity index (χ0) is 15.6. The van der Waals surface area contributed by atoms with Crippen molar-refractivity contribution in [2.75, 3.05) is 20.2 Å². The Morgan fingerprint density at radius 2 is 1.95 bits per heavy atom. The van der Waals surface area contributed by atoms with E-state index in [1.54, 1.807) is 0 Å². The molecule has 0 aromatic carbocycles. The molecule has 4 nitrogen and oxygen atoms in total. The predicted octanol–water partition coefficient (Wildman–Crippen LogP) is 2.43. The van der Waals surface area contributed by atoms with Crippen LogP contribution in [0.2, 0.25) is 0 Å². The van der Waals surface area contributed by atoms with Gasteiger partial charge in [-0.2, -0.15) is 0 Å². The highest BCUT2D eigenvalue weighted by Gasteiger charge is 2.53. The molecule has 3 atom stereocenters. The van der Waals surface area contributed by atoms with Crippen molar-refractivity contribution in [2.24, 2.45) is 11.8 Å². The maximum Gasteiger partial charge on any atom is 0.327 e. The molecule has 0 aromatic heterocycles. The third-order valence-corrected chi connectivity index (χ3v) is 5.07. The summed E-state index contributed by atoms with van der Waals surface area (Å²) in [5.74, 6) is 1.07. The average molecular weight is 296 g/mol. The number of hydrogen-bond acceptors (Lipinski definition) is 4. The Kier molecular flexibility index (Phi) is 5.31. The van der Waals surface area contributed by atoms with Gasteiger partial charge < -0.3 is 4.74 Å². The highest BCUT2D eigenvalue weighted by Crippen LogP contribution is 2.42. The predicted molar refractivity (Wildman–Crippen MR) is 85.2 cm³/mol. The minimum Gasteiger partial charge on any atom is -0.468 e. The van der Waals surface area contributed by atoms with Crippen LogP contribution >= 0.6 is 0 Å².